The third-order valence-electron chi connectivity index (χ3n) is 0.543. The van der Waals surface area contributed by atoms with Crippen LogP contribution < -0.4 is 0 Å². The number of rotatable bonds is 5. The highest BCUT2D eigenvalue weighted by atomic mass is 35.5. The number of hydrogen-bond acceptors (Lipinski definition) is 3. The summed E-state index contributed by atoms with van der Waals surface area (Å²) in [5.74, 6) is 1.10. The normalized spacial score (nSPS) is 8.73. The van der Waals surface area contributed by atoms with Crippen molar-refractivity contribution in [2.24, 2.45) is 0 Å². The topological polar surface area (TPSA) is 49.7 Å². The Bertz CT molecular complexity index is 49.1. The minimum absolute atomic E-state index is 0.125. The van der Waals surface area contributed by atoms with Crippen LogP contribution in [0.5, 0.6) is 0 Å². The van der Waals surface area contributed by atoms with E-state index in [-0.39, 0.29) is 13.2 Å². The van der Waals surface area contributed by atoms with E-state index in [2.05, 4.69) is 0 Å². The second-order valence-electron chi connectivity index (χ2n) is 1.44. The lowest BCUT2D eigenvalue weighted by atomic mass is 10.8. The largest absolute Gasteiger partial charge is 0.394 e. The highest BCUT2D eigenvalue weighted by Gasteiger charge is 1.80. The van der Waals surface area contributed by atoms with Crippen molar-refractivity contribution in [2.45, 2.75) is 0 Å². The average Bonchev–Trinajstić information content (AvgIpc) is 2.06. The lowest BCUT2D eigenvalue weighted by molar-refractivity contribution is 0.165. The van der Waals surface area contributed by atoms with Gasteiger partial charge in [0.2, 0.25) is 0 Å². The molecule has 0 aliphatic carbocycles. The van der Waals surface area contributed by atoms with Crippen molar-refractivity contribution in [3.63, 3.8) is 0 Å². The standard InChI is InChI=1S/C4H8Cl2O.C2H6O2/c5-1-3-7-4-2-6;3-1-2-4/h1-4H2;3-4H,1-2H2. The molecule has 0 atom stereocenters. The second-order valence-corrected chi connectivity index (χ2v) is 2.19. The van der Waals surface area contributed by atoms with Gasteiger partial charge in [0.15, 0.2) is 0 Å². The summed E-state index contributed by atoms with van der Waals surface area (Å²) in [6.45, 7) is 0.961. The molecule has 3 nitrogen and oxygen atoms in total. The van der Waals surface area contributed by atoms with E-state index in [1.54, 1.807) is 0 Å². The van der Waals surface area contributed by atoms with Crippen molar-refractivity contribution in [2.75, 3.05) is 38.2 Å². The van der Waals surface area contributed by atoms with Gasteiger partial charge in [-0.15, -0.1) is 23.2 Å². The molecule has 0 spiro atoms. The molecule has 0 radical (unpaired) electrons. The molecule has 0 aliphatic heterocycles. The molecule has 0 bridgehead atoms. The molecule has 0 aliphatic rings. The van der Waals surface area contributed by atoms with Crippen molar-refractivity contribution >= 4 is 23.2 Å². The highest BCUT2D eigenvalue weighted by Crippen LogP contribution is 1.80. The number of hydrogen-bond donors (Lipinski definition) is 2. The van der Waals surface area contributed by atoms with Crippen molar-refractivity contribution in [1.82, 2.24) is 0 Å². The van der Waals surface area contributed by atoms with Crippen molar-refractivity contribution in [3.05, 3.63) is 0 Å². The number of halogens is 2. The SMILES string of the molecule is ClCCOCCCl.OCCO. The number of ether oxygens (including phenoxy) is 1. The third kappa shape index (κ3) is 25.1. The van der Waals surface area contributed by atoms with E-state index in [4.69, 9.17) is 38.2 Å². The average molecular weight is 205 g/mol. The van der Waals surface area contributed by atoms with E-state index in [1.807, 2.05) is 0 Å². The molecule has 0 fully saturated rings. The van der Waals surface area contributed by atoms with E-state index >= 15 is 0 Å². The molecular formula is C6H14Cl2O3. The summed E-state index contributed by atoms with van der Waals surface area (Å²) in [5.41, 5.74) is 0. The van der Waals surface area contributed by atoms with Crippen molar-refractivity contribution in [3.8, 4) is 0 Å². The van der Waals surface area contributed by atoms with Crippen LogP contribution in [-0.4, -0.2) is 48.4 Å². The molecule has 2 N–H and O–H groups in total. The van der Waals surface area contributed by atoms with Crippen LogP contribution in [0.25, 0.3) is 0 Å². The summed E-state index contributed by atoms with van der Waals surface area (Å²) in [5, 5.41) is 15.2. The van der Waals surface area contributed by atoms with Gasteiger partial charge in [-0.25, -0.2) is 0 Å². The van der Waals surface area contributed by atoms with Crippen LogP contribution in [0.1, 0.15) is 0 Å². The Hall–Kier alpha value is 0.460. The van der Waals surface area contributed by atoms with Gasteiger partial charge in [0.25, 0.3) is 0 Å². The van der Waals surface area contributed by atoms with Crippen LogP contribution in [0.15, 0.2) is 0 Å². The molecule has 0 saturated heterocycles. The fourth-order valence-corrected chi connectivity index (χ4v) is 0.429. The maximum atomic E-state index is 7.62. The van der Waals surface area contributed by atoms with Crippen LogP contribution >= 0.6 is 23.2 Å². The Labute approximate surface area is 76.9 Å². The van der Waals surface area contributed by atoms with Crippen LogP contribution in [-0.2, 0) is 4.74 Å². The molecule has 0 heterocycles. The lowest BCUT2D eigenvalue weighted by Gasteiger charge is -1.93. The zero-order chi connectivity index (χ0) is 8.95. The fraction of sp³-hybridized carbons (Fsp3) is 1.00. The zero-order valence-corrected chi connectivity index (χ0v) is 7.81. The van der Waals surface area contributed by atoms with Crippen molar-refractivity contribution in [1.29, 1.82) is 0 Å². The van der Waals surface area contributed by atoms with Gasteiger partial charge >= 0.3 is 0 Å². The molecule has 0 aromatic heterocycles. The Morgan fingerprint density at radius 2 is 1.27 bits per heavy atom. The minimum Gasteiger partial charge on any atom is -0.394 e. The maximum absolute atomic E-state index is 7.62. The summed E-state index contributed by atoms with van der Waals surface area (Å²) < 4.78 is 4.87. The molecule has 5 heteroatoms. The zero-order valence-electron chi connectivity index (χ0n) is 6.30. The van der Waals surface area contributed by atoms with E-state index in [9.17, 15) is 0 Å². The molecule has 0 unspecified atom stereocenters. The van der Waals surface area contributed by atoms with Gasteiger partial charge in [-0.1, -0.05) is 0 Å². The summed E-state index contributed by atoms with van der Waals surface area (Å²) in [6, 6.07) is 0. The predicted octanol–water partition coefficient (Wildman–Crippen LogP) is 0.452. The van der Waals surface area contributed by atoms with Gasteiger partial charge in [0, 0.05) is 11.8 Å². The summed E-state index contributed by atoms with van der Waals surface area (Å²) in [6.07, 6.45) is 0. The first-order valence-corrected chi connectivity index (χ1v) is 4.31. The quantitative estimate of drug-likeness (QED) is 0.506. The first-order chi connectivity index (χ1) is 5.33. The van der Waals surface area contributed by atoms with E-state index in [0.717, 1.165) is 0 Å². The van der Waals surface area contributed by atoms with Crippen LogP contribution in [0, 0.1) is 0 Å². The second kappa shape index (κ2) is 16.8. The molecule has 70 valence electrons. The molecule has 0 saturated carbocycles. The summed E-state index contributed by atoms with van der Waals surface area (Å²) in [7, 11) is 0. The van der Waals surface area contributed by atoms with Gasteiger partial charge in [-0.2, -0.15) is 0 Å². The Morgan fingerprint density at radius 1 is 0.909 bits per heavy atom. The molecule has 11 heavy (non-hydrogen) atoms. The Kier molecular flexibility index (Phi) is 21.4. The van der Waals surface area contributed by atoms with Crippen LogP contribution in [0.2, 0.25) is 0 Å². The number of aliphatic hydroxyl groups excluding tert-OH is 2. The Balaban J connectivity index is 0. The van der Waals surface area contributed by atoms with Gasteiger partial charge in [0.05, 0.1) is 26.4 Å². The van der Waals surface area contributed by atoms with Crippen LogP contribution in [0.4, 0.5) is 0 Å². The van der Waals surface area contributed by atoms with E-state index in [0.29, 0.717) is 25.0 Å². The maximum Gasteiger partial charge on any atom is 0.0662 e. The van der Waals surface area contributed by atoms with E-state index in [1.165, 1.54) is 0 Å². The van der Waals surface area contributed by atoms with Gasteiger partial charge in [-0.3, -0.25) is 0 Å². The van der Waals surface area contributed by atoms with Gasteiger partial charge in [-0.05, 0) is 0 Å². The monoisotopic (exact) mass is 204 g/mol. The molecule has 0 amide bonds. The lowest BCUT2D eigenvalue weighted by Crippen LogP contribution is -1.97. The van der Waals surface area contributed by atoms with Gasteiger partial charge in [0.1, 0.15) is 0 Å². The first kappa shape index (κ1) is 14.0. The van der Waals surface area contributed by atoms with Gasteiger partial charge < -0.3 is 14.9 Å². The Morgan fingerprint density at radius 3 is 1.45 bits per heavy atom. The van der Waals surface area contributed by atoms with E-state index < -0.39 is 0 Å². The number of aliphatic hydroxyl groups is 2. The fourth-order valence-electron chi connectivity index (χ4n) is 0.211. The first-order valence-electron chi connectivity index (χ1n) is 3.24. The summed E-state index contributed by atoms with van der Waals surface area (Å²) >= 11 is 10.5. The van der Waals surface area contributed by atoms with Crippen LogP contribution in [0.3, 0.4) is 0 Å². The minimum atomic E-state index is -0.125. The molecular weight excluding hydrogens is 191 g/mol. The molecule has 0 rings (SSSR count). The molecule has 0 aromatic carbocycles. The smallest absolute Gasteiger partial charge is 0.0662 e. The number of alkyl halides is 2. The van der Waals surface area contributed by atoms with Crippen molar-refractivity contribution < 1.29 is 14.9 Å². The predicted molar refractivity (Wildman–Crippen MR) is 46.4 cm³/mol. The molecule has 0 aromatic rings. The third-order valence-corrected chi connectivity index (χ3v) is 0.852. The summed E-state index contributed by atoms with van der Waals surface area (Å²) in [4.78, 5) is 0. The highest BCUT2D eigenvalue weighted by molar-refractivity contribution is 6.18.